The van der Waals surface area contributed by atoms with Gasteiger partial charge < -0.3 is 29.3 Å². The number of rotatable bonds is 4. The van der Waals surface area contributed by atoms with Crippen LogP contribution >= 0.6 is 0 Å². The summed E-state index contributed by atoms with van der Waals surface area (Å²) in [5.41, 5.74) is 0.0320. The predicted molar refractivity (Wildman–Crippen MR) is 142 cm³/mol. The molecule has 5 aromatic rings. The number of hydrogen-bond acceptors (Lipinski definition) is 10. The Kier molecular flexibility index (Phi) is 5.92. The van der Waals surface area contributed by atoms with Crippen LogP contribution in [0.1, 0.15) is 22.6 Å². The molecule has 190 valence electrons. The Morgan fingerprint density at radius 3 is 1.37 bits per heavy atom. The Morgan fingerprint density at radius 1 is 0.632 bits per heavy atom. The van der Waals surface area contributed by atoms with Gasteiger partial charge in [0.05, 0.1) is 22.5 Å². The maximum absolute atomic E-state index is 12.3. The molecule has 10 nitrogen and oxygen atoms in total. The molecular formula is C28H20N2O8. The molecule has 0 amide bonds. The number of hydrogen-bond donors (Lipinski definition) is 4. The number of phenols is 4. The number of phenolic OH excluding ortho intramolecular Hbond substituents is 4. The van der Waals surface area contributed by atoms with E-state index in [1.54, 1.807) is 38.1 Å². The molecule has 0 aliphatic heterocycles. The first-order valence-corrected chi connectivity index (χ1v) is 11.3. The molecule has 0 saturated heterocycles. The van der Waals surface area contributed by atoms with E-state index in [1.807, 2.05) is 0 Å². The van der Waals surface area contributed by atoms with E-state index >= 15 is 0 Å². The van der Waals surface area contributed by atoms with Crippen molar-refractivity contribution in [1.29, 1.82) is 0 Å². The van der Waals surface area contributed by atoms with Gasteiger partial charge in [-0.25, -0.2) is 0 Å². The molecule has 0 unspecified atom stereocenters. The largest absolute Gasteiger partial charge is 0.507 e. The van der Waals surface area contributed by atoms with Crippen molar-refractivity contribution in [3.63, 3.8) is 0 Å². The molecule has 0 saturated carbocycles. The lowest BCUT2D eigenvalue weighted by molar-refractivity contribution is 0.448. The van der Waals surface area contributed by atoms with Crippen molar-refractivity contribution < 1.29 is 29.3 Å². The van der Waals surface area contributed by atoms with Crippen molar-refractivity contribution in [3.8, 4) is 23.0 Å². The molecule has 2 heterocycles. The topological polar surface area (TPSA) is 166 Å². The van der Waals surface area contributed by atoms with E-state index < -0.39 is 22.4 Å². The van der Waals surface area contributed by atoms with Crippen molar-refractivity contribution in [2.75, 3.05) is 0 Å². The first-order chi connectivity index (χ1) is 18.1. The SMILES string of the molecule is Cc1cc(=O)c2c(O)c(C=Nc3ccc(N=Cc4c(O)cc5oc(C)cc(=O)c5c4O)cc3)c(O)cc2o1. The van der Waals surface area contributed by atoms with Crippen molar-refractivity contribution in [1.82, 2.24) is 0 Å². The van der Waals surface area contributed by atoms with Crippen LogP contribution in [-0.2, 0) is 0 Å². The second-order valence-corrected chi connectivity index (χ2v) is 8.54. The van der Waals surface area contributed by atoms with E-state index in [4.69, 9.17) is 8.83 Å². The molecule has 0 aliphatic carbocycles. The van der Waals surface area contributed by atoms with Gasteiger partial charge in [0.15, 0.2) is 10.9 Å². The summed E-state index contributed by atoms with van der Waals surface area (Å²) in [5.74, 6) is -0.828. The van der Waals surface area contributed by atoms with Gasteiger partial charge in [-0.2, -0.15) is 0 Å². The van der Waals surface area contributed by atoms with Crippen molar-refractivity contribution in [2.45, 2.75) is 13.8 Å². The fourth-order valence-electron chi connectivity index (χ4n) is 4.01. The maximum atomic E-state index is 12.3. The lowest BCUT2D eigenvalue weighted by atomic mass is 10.1. The van der Waals surface area contributed by atoms with Crippen LogP contribution in [0.25, 0.3) is 21.9 Å². The first kappa shape index (κ1) is 24.3. The summed E-state index contributed by atoms with van der Waals surface area (Å²) in [6.07, 6.45) is 2.44. The van der Waals surface area contributed by atoms with Crippen LogP contribution in [0.2, 0.25) is 0 Å². The minimum absolute atomic E-state index is 0.0438. The molecule has 2 aromatic heterocycles. The van der Waals surface area contributed by atoms with Gasteiger partial charge in [0.1, 0.15) is 56.5 Å². The van der Waals surface area contributed by atoms with Crippen molar-refractivity contribution >= 4 is 45.7 Å². The predicted octanol–water partition coefficient (Wildman–Crippen LogP) is 4.84. The zero-order valence-corrected chi connectivity index (χ0v) is 20.1. The number of aliphatic imine (C=N–C) groups is 2. The monoisotopic (exact) mass is 512 g/mol. The third-order valence-corrected chi connectivity index (χ3v) is 5.80. The molecule has 0 bridgehead atoms. The van der Waals surface area contributed by atoms with E-state index in [2.05, 4.69) is 9.98 Å². The summed E-state index contributed by atoms with van der Waals surface area (Å²) in [5, 5.41) is 41.6. The molecule has 3 aromatic carbocycles. The molecule has 0 aliphatic rings. The quantitative estimate of drug-likeness (QED) is 0.248. The van der Waals surface area contributed by atoms with E-state index in [-0.39, 0.29) is 44.6 Å². The minimum atomic E-state index is -0.447. The van der Waals surface area contributed by atoms with Gasteiger partial charge in [-0.1, -0.05) is 0 Å². The zero-order valence-electron chi connectivity index (χ0n) is 20.1. The normalized spacial score (nSPS) is 11.8. The molecular weight excluding hydrogens is 492 g/mol. The summed E-state index contributed by atoms with van der Waals surface area (Å²) < 4.78 is 10.8. The molecule has 0 fully saturated rings. The van der Waals surface area contributed by atoms with Gasteiger partial charge >= 0.3 is 0 Å². The van der Waals surface area contributed by atoms with Crippen LogP contribution in [-0.4, -0.2) is 32.9 Å². The summed E-state index contributed by atoms with van der Waals surface area (Å²) in [6.45, 7) is 3.18. The molecule has 5 rings (SSSR count). The lowest BCUT2D eigenvalue weighted by Crippen LogP contribution is -2.02. The fourth-order valence-corrected chi connectivity index (χ4v) is 4.01. The van der Waals surface area contributed by atoms with Gasteiger partial charge in [0.2, 0.25) is 0 Å². The van der Waals surface area contributed by atoms with E-state index in [0.717, 1.165) is 0 Å². The average Bonchev–Trinajstić information content (AvgIpc) is 2.83. The van der Waals surface area contributed by atoms with Gasteiger partial charge in [-0.05, 0) is 38.1 Å². The summed E-state index contributed by atoms with van der Waals surface area (Å²) in [7, 11) is 0. The van der Waals surface area contributed by atoms with E-state index in [0.29, 0.717) is 22.9 Å². The Morgan fingerprint density at radius 2 is 1.00 bits per heavy atom. The number of nitrogens with zero attached hydrogens (tertiary/aromatic N) is 2. The molecule has 0 spiro atoms. The van der Waals surface area contributed by atoms with Gasteiger partial charge in [-0.3, -0.25) is 19.6 Å². The highest BCUT2D eigenvalue weighted by Gasteiger charge is 2.17. The van der Waals surface area contributed by atoms with Gasteiger partial charge in [0, 0.05) is 36.7 Å². The van der Waals surface area contributed by atoms with Gasteiger partial charge in [-0.15, -0.1) is 0 Å². The minimum Gasteiger partial charge on any atom is -0.507 e. The van der Waals surface area contributed by atoms with Crippen molar-refractivity contribution in [3.05, 3.63) is 91.6 Å². The van der Waals surface area contributed by atoms with E-state index in [1.165, 1.54) is 36.7 Å². The third-order valence-electron chi connectivity index (χ3n) is 5.80. The number of fused-ring (bicyclic) bond motifs is 2. The second kappa shape index (κ2) is 9.25. The molecule has 0 radical (unpaired) electrons. The van der Waals surface area contributed by atoms with E-state index in [9.17, 15) is 30.0 Å². The number of aryl methyl sites for hydroxylation is 2. The number of benzene rings is 3. The Balaban J connectivity index is 1.42. The zero-order chi connectivity index (χ0) is 27.1. The Bertz CT molecular complexity index is 1780. The summed E-state index contributed by atoms with van der Waals surface area (Å²) >= 11 is 0. The van der Waals surface area contributed by atoms with Crippen molar-refractivity contribution in [2.24, 2.45) is 9.98 Å². The van der Waals surface area contributed by atoms with Crippen LogP contribution in [0, 0.1) is 13.8 Å². The lowest BCUT2D eigenvalue weighted by Gasteiger charge is -2.07. The standard InChI is InChI=1S/C28H20N2O8/c1-13-7-21(33)25-23(37-13)9-19(31)17(27(25)35)11-29-15-3-5-16(6-4-15)30-12-18-20(32)10-24-26(28(18)36)22(34)8-14(2)38-24/h3-12,31-32,35-36H,1-2H3. The Hall–Kier alpha value is -5.38. The fraction of sp³-hybridized carbons (Fsp3) is 0.0714. The van der Waals surface area contributed by atoms with Gasteiger partial charge in [0.25, 0.3) is 0 Å². The Labute approximate surface area is 213 Å². The molecule has 0 atom stereocenters. The van der Waals surface area contributed by atoms with Crippen LogP contribution in [0.15, 0.2) is 76.9 Å². The van der Waals surface area contributed by atoms with Crippen LogP contribution in [0.3, 0.4) is 0 Å². The highest BCUT2D eigenvalue weighted by molar-refractivity contribution is 5.99. The number of aromatic hydroxyl groups is 4. The third kappa shape index (κ3) is 4.35. The highest BCUT2D eigenvalue weighted by atomic mass is 16.3. The average molecular weight is 512 g/mol. The molecule has 10 heteroatoms. The van der Waals surface area contributed by atoms with Crippen LogP contribution < -0.4 is 10.9 Å². The molecule has 38 heavy (non-hydrogen) atoms. The first-order valence-electron chi connectivity index (χ1n) is 11.3. The molecule has 4 N–H and O–H groups in total. The smallest absolute Gasteiger partial charge is 0.196 e. The summed E-state index contributed by atoms with van der Waals surface area (Å²) in [6, 6.07) is 11.4. The van der Waals surface area contributed by atoms with Crippen LogP contribution in [0.5, 0.6) is 23.0 Å². The van der Waals surface area contributed by atoms with Crippen LogP contribution in [0.4, 0.5) is 11.4 Å². The second-order valence-electron chi connectivity index (χ2n) is 8.54. The highest BCUT2D eigenvalue weighted by Crippen LogP contribution is 2.35. The maximum Gasteiger partial charge on any atom is 0.196 e. The summed E-state index contributed by atoms with van der Waals surface area (Å²) in [4.78, 5) is 33.0.